The molecule has 20 heavy (non-hydrogen) atoms. The molecule has 2 atom stereocenters. The molecule has 1 aromatic heterocycles. The average Bonchev–Trinajstić information content (AvgIpc) is 2.94. The number of aryl methyl sites for hydroxylation is 1. The number of carbonyl (C=O) groups is 1. The lowest BCUT2D eigenvalue weighted by Gasteiger charge is -2.17. The van der Waals surface area contributed by atoms with E-state index >= 15 is 0 Å². The third kappa shape index (κ3) is 3.20. The van der Waals surface area contributed by atoms with E-state index < -0.39 is 10.0 Å². The Hall–Kier alpha value is -0.960. The van der Waals surface area contributed by atoms with E-state index in [-0.39, 0.29) is 16.2 Å². The normalized spacial score (nSPS) is 22.9. The summed E-state index contributed by atoms with van der Waals surface area (Å²) in [4.78, 5) is 12.9. The molecular weight excluding hydrogens is 300 g/mol. The van der Waals surface area contributed by atoms with Gasteiger partial charge in [-0.3, -0.25) is 4.79 Å². The molecule has 3 N–H and O–H groups in total. The molecule has 1 amide bonds. The van der Waals surface area contributed by atoms with E-state index in [0.717, 1.165) is 17.8 Å². The molecule has 112 valence electrons. The predicted octanol–water partition coefficient (Wildman–Crippen LogP) is 0.859. The number of nitrogens with two attached hydrogens (primary N) is 1. The molecular formula is C12H18N2O4S2. The van der Waals surface area contributed by atoms with Crippen molar-refractivity contribution in [3.05, 3.63) is 16.5 Å². The number of primary sulfonamides is 1. The molecule has 1 saturated heterocycles. The number of carbonyl (C=O) groups excluding carboxylic acids is 1. The highest BCUT2D eigenvalue weighted by atomic mass is 32.2. The van der Waals surface area contributed by atoms with E-state index in [1.165, 1.54) is 6.07 Å². The summed E-state index contributed by atoms with van der Waals surface area (Å²) >= 11 is 1.01. The van der Waals surface area contributed by atoms with E-state index in [2.05, 4.69) is 5.32 Å². The van der Waals surface area contributed by atoms with E-state index in [1.807, 2.05) is 6.92 Å². The fourth-order valence-corrected chi connectivity index (χ4v) is 4.09. The molecule has 0 bridgehead atoms. The molecule has 0 aliphatic carbocycles. The minimum absolute atomic E-state index is 0.00913. The van der Waals surface area contributed by atoms with Crippen molar-refractivity contribution in [2.75, 3.05) is 13.2 Å². The van der Waals surface area contributed by atoms with Crippen LogP contribution in [0.15, 0.2) is 10.3 Å². The van der Waals surface area contributed by atoms with Crippen molar-refractivity contribution in [1.82, 2.24) is 5.32 Å². The molecule has 0 radical (unpaired) electrons. The molecule has 0 aromatic carbocycles. The van der Waals surface area contributed by atoms with Gasteiger partial charge in [0.15, 0.2) is 0 Å². The molecule has 2 rings (SSSR count). The second-order valence-electron chi connectivity index (χ2n) is 4.87. The molecule has 0 saturated carbocycles. The number of sulfonamides is 1. The zero-order valence-electron chi connectivity index (χ0n) is 11.4. The number of hydrogen-bond acceptors (Lipinski definition) is 5. The Labute approximate surface area is 122 Å². The summed E-state index contributed by atoms with van der Waals surface area (Å²) in [6.07, 6.45) is 0.927. The van der Waals surface area contributed by atoms with Crippen molar-refractivity contribution in [2.24, 2.45) is 11.1 Å². The maximum Gasteiger partial charge on any atom is 0.252 e. The number of amides is 1. The fourth-order valence-electron chi connectivity index (χ4n) is 2.23. The first-order chi connectivity index (χ1) is 9.32. The van der Waals surface area contributed by atoms with Crippen LogP contribution in [0.1, 0.15) is 28.6 Å². The lowest BCUT2D eigenvalue weighted by Crippen LogP contribution is -2.39. The maximum atomic E-state index is 12.2. The average molecular weight is 318 g/mol. The van der Waals surface area contributed by atoms with Gasteiger partial charge in [0.1, 0.15) is 4.21 Å². The van der Waals surface area contributed by atoms with Crippen LogP contribution in [0.3, 0.4) is 0 Å². The number of ether oxygens (including phenoxy) is 1. The SMILES string of the molecule is CCC1COCC1NC(=O)c1cc(S(N)(=O)=O)sc1C. The van der Waals surface area contributed by atoms with Gasteiger partial charge in [0.25, 0.3) is 5.91 Å². The second kappa shape index (κ2) is 5.80. The van der Waals surface area contributed by atoms with E-state index in [1.54, 1.807) is 6.92 Å². The monoisotopic (exact) mass is 318 g/mol. The third-order valence-electron chi connectivity index (χ3n) is 3.46. The zero-order chi connectivity index (χ0) is 14.9. The quantitative estimate of drug-likeness (QED) is 0.860. The summed E-state index contributed by atoms with van der Waals surface area (Å²) in [5.41, 5.74) is 0.362. The van der Waals surface area contributed by atoms with E-state index in [4.69, 9.17) is 9.88 Å². The van der Waals surface area contributed by atoms with Crippen molar-refractivity contribution < 1.29 is 17.9 Å². The molecule has 1 aromatic rings. The van der Waals surface area contributed by atoms with Gasteiger partial charge < -0.3 is 10.1 Å². The van der Waals surface area contributed by atoms with Crippen LogP contribution < -0.4 is 10.5 Å². The van der Waals surface area contributed by atoms with Gasteiger partial charge in [-0.15, -0.1) is 11.3 Å². The van der Waals surface area contributed by atoms with Crippen LogP contribution in [0.4, 0.5) is 0 Å². The number of nitrogens with one attached hydrogen (secondary N) is 1. The first-order valence-corrected chi connectivity index (χ1v) is 8.71. The van der Waals surface area contributed by atoms with Crippen molar-refractivity contribution in [3.63, 3.8) is 0 Å². The van der Waals surface area contributed by atoms with Gasteiger partial charge >= 0.3 is 0 Å². The van der Waals surface area contributed by atoms with Gasteiger partial charge in [-0.2, -0.15) is 0 Å². The Morgan fingerprint density at radius 1 is 1.55 bits per heavy atom. The summed E-state index contributed by atoms with van der Waals surface area (Å²) in [5.74, 6) is 0.0261. The molecule has 1 aliphatic heterocycles. The van der Waals surface area contributed by atoms with Gasteiger partial charge in [-0.25, -0.2) is 13.6 Å². The van der Waals surface area contributed by atoms with Gasteiger partial charge in [0.2, 0.25) is 10.0 Å². The summed E-state index contributed by atoms with van der Waals surface area (Å²) in [7, 11) is -3.77. The summed E-state index contributed by atoms with van der Waals surface area (Å²) < 4.78 is 28.0. The summed E-state index contributed by atoms with van der Waals surface area (Å²) in [6, 6.07) is 1.31. The van der Waals surface area contributed by atoms with Crippen molar-refractivity contribution >= 4 is 27.3 Å². The lowest BCUT2D eigenvalue weighted by molar-refractivity contribution is 0.0924. The largest absolute Gasteiger partial charge is 0.379 e. The van der Waals surface area contributed by atoms with Crippen LogP contribution in [0.2, 0.25) is 0 Å². The first-order valence-electron chi connectivity index (χ1n) is 6.34. The maximum absolute atomic E-state index is 12.2. The molecule has 1 aliphatic rings. The summed E-state index contributed by atoms with van der Waals surface area (Å²) in [5, 5.41) is 7.99. The van der Waals surface area contributed by atoms with Crippen LogP contribution in [0, 0.1) is 12.8 Å². The molecule has 2 heterocycles. The zero-order valence-corrected chi connectivity index (χ0v) is 13.0. The predicted molar refractivity (Wildman–Crippen MR) is 76.3 cm³/mol. The van der Waals surface area contributed by atoms with Gasteiger partial charge in [0.05, 0.1) is 24.8 Å². The minimum atomic E-state index is -3.77. The number of thiophene rings is 1. The fraction of sp³-hybridized carbons (Fsp3) is 0.583. The first kappa shape index (κ1) is 15.4. The molecule has 0 spiro atoms. The third-order valence-corrected chi connectivity index (χ3v) is 5.93. The van der Waals surface area contributed by atoms with Gasteiger partial charge in [-0.1, -0.05) is 6.92 Å². The standard InChI is InChI=1S/C12H18N2O4S2/c1-3-8-5-18-6-10(8)14-12(15)9-4-11(19-7(9)2)20(13,16)17/h4,8,10H,3,5-6H2,1-2H3,(H,14,15)(H2,13,16,17). The topological polar surface area (TPSA) is 98.5 Å². The van der Waals surface area contributed by atoms with E-state index in [9.17, 15) is 13.2 Å². The molecule has 1 fully saturated rings. The highest BCUT2D eigenvalue weighted by Crippen LogP contribution is 2.25. The smallest absolute Gasteiger partial charge is 0.252 e. The Bertz CT molecular complexity index is 609. The van der Waals surface area contributed by atoms with Gasteiger partial charge in [0, 0.05) is 10.8 Å². The van der Waals surface area contributed by atoms with Crippen LogP contribution in [0.25, 0.3) is 0 Å². The Morgan fingerprint density at radius 2 is 2.25 bits per heavy atom. The van der Waals surface area contributed by atoms with Crippen LogP contribution in [0.5, 0.6) is 0 Å². The summed E-state index contributed by atoms with van der Waals surface area (Å²) in [6.45, 7) is 4.89. The molecule has 2 unspecified atom stereocenters. The molecule has 8 heteroatoms. The van der Waals surface area contributed by atoms with Crippen molar-refractivity contribution in [1.29, 1.82) is 0 Å². The highest BCUT2D eigenvalue weighted by Gasteiger charge is 2.29. The lowest BCUT2D eigenvalue weighted by atomic mass is 10.0. The van der Waals surface area contributed by atoms with E-state index in [0.29, 0.717) is 29.6 Å². The number of rotatable bonds is 4. The van der Waals surface area contributed by atoms with Gasteiger partial charge in [-0.05, 0) is 19.4 Å². The number of hydrogen-bond donors (Lipinski definition) is 2. The van der Waals surface area contributed by atoms with Crippen LogP contribution >= 0.6 is 11.3 Å². The Morgan fingerprint density at radius 3 is 2.80 bits per heavy atom. The minimum Gasteiger partial charge on any atom is -0.379 e. The van der Waals surface area contributed by atoms with Crippen LogP contribution in [-0.4, -0.2) is 33.6 Å². The Kier molecular flexibility index (Phi) is 4.48. The highest BCUT2D eigenvalue weighted by molar-refractivity contribution is 7.91. The Balaban J connectivity index is 2.16. The van der Waals surface area contributed by atoms with Crippen molar-refractivity contribution in [3.8, 4) is 0 Å². The second-order valence-corrected chi connectivity index (χ2v) is 7.91. The molecule has 6 nitrogen and oxygen atoms in total. The van der Waals surface area contributed by atoms with Crippen LogP contribution in [-0.2, 0) is 14.8 Å². The van der Waals surface area contributed by atoms with Crippen molar-refractivity contribution in [2.45, 2.75) is 30.5 Å².